The topological polar surface area (TPSA) is 94.4 Å². The number of carbonyl (C=O) groups is 1. The fourth-order valence-electron chi connectivity index (χ4n) is 3.92. The van der Waals surface area contributed by atoms with Gasteiger partial charge in [0.25, 0.3) is 5.56 Å². The van der Waals surface area contributed by atoms with Crippen molar-refractivity contribution in [2.45, 2.75) is 32.7 Å². The molecular formula is C23H26N4O3. The largest absolute Gasteiger partial charge is 0.460 e. The van der Waals surface area contributed by atoms with E-state index in [0.29, 0.717) is 30.5 Å². The molecule has 0 spiro atoms. The van der Waals surface area contributed by atoms with E-state index in [4.69, 9.17) is 10.2 Å². The number of likely N-dealkylation sites (tertiary alicyclic amines) is 1. The number of nitrogen functional groups attached to an aromatic ring is 1. The number of anilines is 1. The Balaban J connectivity index is 1.41. The van der Waals surface area contributed by atoms with Gasteiger partial charge in [-0.15, -0.1) is 0 Å². The highest BCUT2D eigenvalue weighted by Crippen LogP contribution is 2.22. The average Bonchev–Trinajstić information content (AvgIpc) is 3.19. The summed E-state index contributed by atoms with van der Waals surface area (Å²) in [6.07, 6.45) is 2.94. The molecule has 4 rings (SSSR count). The van der Waals surface area contributed by atoms with Crippen LogP contribution in [0.15, 0.2) is 57.7 Å². The minimum absolute atomic E-state index is 0.0448. The first-order valence-electron chi connectivity index (χ1n) is 10.3. The number of aryl methyl sites for hydroxylation is 1. The molecule has 0 atom stereocenters. The van der Waals surface area contributed by atoms with Crippen molar-refractivity contribution in [2.75, 3.05) is 18.8 Å². The van der Waals surface area contributed by atoms with E-state index in [1.807, 2.05) is 24.0 Å². The quantitative estimate of drug-likeness (QED) is 0.703. The lowest BCUT2D eigenvalue weighted by molar-refractivity contribution is -0.133. The molecule has 7 heteroatoms. The van der Waals surface area contributed by atoms with Crippen molar-refractivity contribution >= 4 is 11.6 Å². The fourth-order valence-corrected chi connectivity index (χ4v) is 3.92. The molecule has 2 N–H and O–H groups in total. The highest BCUT2D eigenvalue weighted by atomic mass is 16.3. The van der Waals surface area contributed by atoms with E-state index >= 15 is 0 Å². The van der Waals surface area contributed by atoms with Crippen LogP contribution in [0.1, 0.15) is 24.2 Å². The second kappa shape index (κ2) is 8.57. The Morgan fingerprint density at radius 2 is 1.90 bits per heavy atom. The maximum atomic E-state index is 12.8. The van der Waals surface area contributed by atoms with Gasteiger partial charge in [0.15, 0.2) is 5.76 Å². The minimum Gasteiger partial charge on any atom is -0.460 e. The molecule has 3 aromatic rings. The third kappa shape index (κ3) is 4.45. The molecule has 30 heavy (non-hydrogen) atoms. The van der Waals surface area contributed by atoms with Gasteiger partial charge in [-0.05, 0) is 55.9 Å². The van der Waals surface area contributed by atoms with Gasteiger partial charge in [0.05, 0.1) is 0 Å². The Kier molecular flexibility index (Phi) is 5.70. The van der Waals surface area contributed by atoms with Gasteiger partial charge < -0.3 is 15.1 Å². The lowest BCUT2D eigenvalue weighted by Gasteiger charge is -2.32. The van der Waals surface area contributed by atoms with E-state index in [1.54, 1.807) is 6.07 Å². The highest BCUT2D eigenvalue weighted by molar-refractivity contribution is 5.76. The molecular weight excluding hydrogens is 380 g/mol. The zero-order valence-electron chi connectivity index (χ0n) is 17.1. The summed E-state index contributed by atoms with van der Waals surface area (Å²) in [7, 11) is 0. The molecule has 1 aromatic carbocycles. The number of furan rings is 1. The number of nitrogens with two attached hydrogens (primary N) is 1. The van der Waals surface area contributed by atoms with Gasteiger partial charge >= 0.3 is 0 Å². The smallest absolute Gasteiger partial charge is 0.290 e. The molecule has 7 nitrogen and oxygen atoms in total. The Morgan fingerprint density at radius 3 is 2.57 bits per heavy atom. The molecule has 1 saturated heterocycles. The molecule has 0 saturated carbocycles. The summed E-state index contributed by atoms with van der Waals surface area (Å²) in [5.74, 6) is 1.70. The van der Waals surface area contributed by atoms with Crippen molar-refractivity contribution in [3.8, 4) is 11.5 Å². The van der Waals surface area contributed by atoms with Crippen LogP contribution in [0.3, 0.4) is 0 Å². The summed E-state index contributed by atoms with van der Waals surface area (Å²) in [6.45, 7) is 3.09. The standard InChI is InChI=1S/C23H26N4O3/c1-16-7-8-21(30-16)20-14-19(24)23(29)27(25-20)15-22(28)26-11-9-18(10-12-26)13-17-5-3-2-4-6-17/h2-8,14,18H,9-13,15,24H2,1H3. The Bertz CT molecular complexity index is 1080. The second-order valence-electron chi connectivity index (χ2n) is 7.87. The number of nitrogens with zero attached hydrogens (tertiary/aromatic N) is 3. The van der Waals surface area contributed by atoms with Crippen LogP contribution in [0.4, 0.5) is 5.69 Å². The van der Waals surface area contributed by atoms with Crippen LogP contribution < -0.4 is 11.3 Å². The summed E-state index contributed by atoms with van der Waals surface area (Å²) in [4.78, 5) is 27.0. The van der Waals surface area contributed by atoms with E-state index in [2.05, 4.69) is 29.4 Å². The third-order valence-electron chi connectivity index (χ3n) is 5.61. The van der Waals surface area contributed by atoms with Crippen LogP contribution in [0.2, 0.25) is 0 Å². The van der Waals surface area contributed by atoms with E-state index in [1.165, 1.54) is 11.6 Å². The van der Waals surface area contributed by atoms with Crippen LogP contribution in [-0.2, 0) is 17.8 Å². The molecule has 1 aliphatic heterocycles. The van der Waals surface area contributed by atoms with Crippen LogP contribution >= 0.6 is 0 Å². The zero-order chi connectivity index (χ0) is 21.1. The lowest BCUT2D eigenvalue weighted by Crippen LogP contribution is -2.42. The first-order valence-corrected chi connectivity index (χ1v) is 10.3. The molecule has 156 valence electrons. The Labute approximate surface area is 175 Å². The van der Waals surface area contributed by atoms with Gasteiger partial charge in [0.2, 0.25) is 5.91 Å². The summed E-state index contributed by atoms with van der Waals surface area (Å²) < 4.78 is 6.71. The van der Waals surface area contributed by atoms with E-state index in [9.17, 15) is 9.59 Å². The monoisotopic (exact) mass is 406 g/mol. The van der Waals surface area contributed by atoms with Crippen LogP contribution in [0.25, 0.3) is 11.5 Å². The van der Waals surface area contributed by atoms with Gasteiger partial charge in [-0.1, -0.05) is 30.3 Å². The van der Waals surface area contributed by atoms with Crippen molar-refractivity contribution in [2.24, 2.45) is 5.92 Å². The van der Waals surface area contributed by atoms with Crippen molar-refractivity contribution in [1.82, 2.24) is 14.7 Å². The maximum Gasteiger partial charge on any atom is 0.290 e. The third-order valence-corrected chi connectivity index (χ3v) is 5.61. The maximum absolute atomic E-state index is 12.8. The molecule has 0 bridgehead atoms. The first-order chi connectivity index (χ1) is 14.5. The SMILES string of the molecule is Cc1ccc(-c2cc(N)c(=O)n(CC(=O)N3CCC(Cc4ccccc4)CC3)n2)o1. The summed E-state index contributed by atoms with van der Waals surface area (Å²) in [5.41, 5.74) is 7.22. The van der Waals surface area contributed by atoms with E-state index in [-0.39, 0.29) is 18.1 Å². The minimum atomic E-state index is -0.464. The molecule has 1 fully saturated rings. The Hall–Kier alpha value is -3.35. The van der Waals surface area contributed by atoms with Crippen LogP contribution in [0, 0.1) is 12.8 Å². The number of hydrogen-bond acceptors (Lipinski definition) is 5. The van der Waals surface area contributed by atoms with Gasteiger partial charge in [-0.25, -0.2) is 4.68 Å². The normalized spacial score (nSPS) is 14.8. The highest BCUT2D eigenvalue weighted by Gasteiger charge is 2.24. The molecule has 2 aromatic heterocycles. The van der Waals surface area contributed by atoms with Gasteiger partial charge in [-0.2, -0.15) is 5.10 Å². The van der Waals surface area contributed by atoms with Crippen molar-refractivity contribution < 1.29 is 9.21 Å². The molecule has 0 radical (unpaired) electrons. The lowest BCUT2D eigenvalue weighted by atomic mass is 9.90. The van der Waals surface area contributed by atoms with Gasteiger partial charge in [-0.3, -0.25) is 9.59 Å². The van der Waals surface area contributed by atoms with Crippen LogP contribution in [-0.4, -0.2) is 33.7 Å². The molecule has 0 unspecified atom stereocenters. The summed E-state index contributed by atoms with van der Waals surface area (Å²) in [5, 5.41) is 4.31. The zero-order valence-corrected chi connectivity index (χ0v) is 17.1. The van der Waals surface area contributed by atoms with Gasteiger partial charge in [0.1, 0.15) is 23.7 Å². The Morgan fingerprint density at radius 1 is 1.17 bits per heavy atom. The van der Waals surface area contributed by atoms with Gasteiger partial charge in [0, 0.05) is 13.1 Å². The van der Waals surface area contributed by atoms with Crippen LogP contribution in [0.5, 0.6) is 0 Å². The van der Waals surface area contributed by atoms with Crippen molar-refractivity contribution in [1.29, 1.82) is 0 Å². The number of hydrogen-bond donors (Lipinski definition) is 1. The van der Waals surface area contributed by atoms with Crippen molar-refractivity contribution in [3.05, 3.63) is 70.2 Å². The predicted molar refractivity (Wildman–Crippen MR) is 115 cm³/mol. The van der Waals surface area contributed by atoms with E-state index < -0.39 is 5.56 Å². The molecule has 0 aliphatic carbocycles. The van der Waals surface area contributed by atoms with Crippen molar-refractivity contribution in [3.63, 3.8) is 0 Å². The molecule has 1 aliphatic rings. The molecule has 1 amide bonds. The first kappa shape index (κ1) is 19.9. The van der Waals surface area contributed by atoms with E-state index in [0.717, 1.165) is 29.7 Å². The number of piperidine rings is 1. The summed E-state index contributed by atoms with van der Waals surface area (Å²) in [6, 6.07) is 15.5. The number of rotatable bonds is 5. The number of aromatic nitrogens is 2. The fraction of sp³-hybridized carbons (Fsp3) is 0.348. The number of amides is 1. The number of carbonyl (C=O) groups excluding carboxylic acids is 1. The average molecular weight is 406 g/mol. The second-order valence-corrected chi connectivity index (χ2v) is 7.87. The molecule has 3 heterocycles. The summed E-state index contributed by atoms with van der Waals surface area (Å²) >= 11 is 0. The predicted octanol–water partition coefficient (Wildman–Crippen LogP) is 2.88. The number of benzene rings is 1.